The molecule has 1 amide bonds. The molecule has 18 heavy (non-hydrogen) atoms. The molecule has 2 rings (SSSR count). The van der Waals surface area contributed by atoms with Gasteiger partial charge in [-0.2, -0.15) is 5.10 Å². The molecule has 1 aromatic heterocycles. The van der Waals surface area contributed by atoms with Gasteiger partial charge in [0.25, 0.3) is 0 Å². The first-order valence-electron chi connectivity index (χ1n) is 6.41. The van der Waals surface area contributed by atoms with Crippen molar-refractivity contribution in [3.63, 3.8) is 0 Å². The van der Waals surface area contributed by atoms with Crippen LogP contribution in [0, 0.1) is 0 Å². The predicted molar refractivity (Wildman–Crippen MR) is 69.0 cm³/mol. The Morgan fingerprint density at radius 1 is 1.67 bits per heavy atom. The van der Waals surface area contributed by atoms with Gasteiger partial charge in [-0.25, -0.2) is 0 Å². The van der Waals surface area contributed by atoms with Crippen LogP contribution in [-0.4, -0.2) is 52.8 Å². The van der Waals surface area contributed by atoms with Crippen LogP contribution in [-0.2, 0) is 18.4 Å². The number of piperazine rings is 1. The summed E-state index contributed by atoms with van der Waals surface area (Å²) in [4.78, 5) is 14.2. The second kappa shape index (κ2) is 5.97. The number of nitrogens with one attached hydrogen (secondary N) is 2. The third-order valence-corrected chi connectivity index (χ3v) is 3.30. The maximum absolute atomic E-state index is 12.0. The van der Waals surface area contributed by atoms with E-state index < -0.39 is 0 Å². The maximum Gasteiger partial charge on any atom is 0.238 e. The predicted octanol–water partition coefficient (Wildman–Crippen LogP) is -0.670. The summed E-state index contributed by atoms with van der Waals surface area (Å²) in [6, 6.07) is 1.91. The summed E-state index contributed by atoms with van der Waals surface area (Å²) < 4.78 is 1.86. The summed E-state index contributed by atoms with van der Waals surface area (Å²) in [6.45, 7) is 5.90. The summed E-state index contributed by atoms with van der Waals surface area (Å²) in [7, 11) is 1.93. The molecule has 1 fully saturated rings. The number of hydrogen-bond acceptors (Lipinski definition) is 4. The highest BCUT2D eigenvalue weighted by Crippen LogP contribution is 2.09. The molecule has 6 heteroatoms. The normalized spacial score (nSPS) is 20.9. The Morgan fingerprint density at radius 3 is 3.17 bits per heavy atom. The van der Waals surface area contributed by atoms with E-state index in [1.807, 2.05) is 24.7 Å². The van der Waals surface area contributed by atoms with Crippen LogP contribution >= 0.6 is 0 Å². The highest BCUT2D eigenvalue weighted by molar-refractivity contribution is 5.82. The van der Waals surface area contributed by atoms with Crippen LogP contribution in [0.5, 0.6) is 0 Å². The average Bonchev–Trinajstić information content (AvgIpc) is 2.76. The van der Waals surface area contributed by atoms with Gasteiger partial charge in [0.1, 0.15) is 6.04 Å². The third kappa shape index (κ3) is 2.88. The molecule has 0 saturated carbocycles. The lowest BCUT2D eigenvalue weighted by molar-refractivity contribution is -0.127. The Labute approximate surface area is 107 Å². The van der Waals surface area contributed by atoms with Gasteiger partial charge in [-0.1, -0.05) is 0 Å². The number of nitrogens with zero attached hydrogens (tertiary/aromatic N) is 3. The molecule has 2 heterocycles. The summed E-state index contributed by atoms with van der Waals surface area (Å²) >= 11 is 0. The van der Waals surface area contributed by atoms with Gasteiger partial charge in [-0.05, 0) is 13.0 Å². The van der Waals surface area contributed by atoms with Crippen molar-refractivity contribution in [3.8, 4) is 0 Å². The first kappa shape index (κ1) is 13.0. The molecule has 2 N–H and O–H groups in total. The molecule has 6 nitrogen and oxygen atoms in total. The lowest BCUT2D eigenvalue weighted by atomic mass is 10.1. The Kier molecular flexibility index (Phi) is 4.33. The molecule has 1 unspecified atom stereocenters. The van der Waals surface area contributed by atoms with Gasteiger partial charge in [-0.3, -0.25) is 14.4 Å². The second-order valence-electron chi connectivity index (χ2n) is 4.53. The fourth-order valence-corrected chi connectivity index (χ4v) is 2.25. The minimum atomic E-state index is -0.0893. The standard InChI is InChI=1S/C12H21N5O/c1-3-14-12(18)11-8-13-6-7-17(11)9-10-4-5-15-16(10)2/h4-5,11,13H,3,6-9H2,1-2H3,(H,14,18). The fraction of sp³-hybridized carbons (Fsp3) is 0.667. The van der Waals surface area contributed by atoms with Crippen molar-refractivity contribution < 1.29 is 4.79 Å². The summed E-state index contributed by atoms with van der Waals surface area (Å²) in [5.74, 6) is 0.104. The highest BCUT2D eigenvalue weighted by Gasteiger charge is 2.28. The van der Waals surface area contributed by atoms with Crippen LogP contribution in [0.1, 0.15) is 12.6 Å². The van der Waals surface area contributed by atoms with Gasteiger partial charge in [-0.15, -0.1) is 0 Å². The first-order chi connectivity index (χ1) is 8.72. The molecule has 100 valence electrons. The number of hydrogen-bond donors (Lipinski definition) is 2. The van der Waals surface area contributed by atoms with Crippen molar-refractivity contribution in [1.82, 2.24) is 25.3 Å². The van der Waals surface area contributed by atoms with E-state index in [1.165, 1.54) is 0 Å². The molecule has 0 aromatic carbocycles. The topological polar surface area (TPSA) is 62.2 Å². The molecule has 0 aliphatic carbocycles. The van der Waals surface area contributed by atoms with Crippen LogP contribution in [0.3, 0.4) is 0 Å². The Morgan fingerprint density at radius 2 is 2.50 bits per heavy atom. The van der Waals surface area contributed by atoms with E-state index >= 15 is 0 Å². The molecule has 1 aliphatic rings. The first-order valence-corrected chi connectivity index (χ1v) is 6.41. The molecule has 1 aromatic rings. The smallest absolute Gasteiger partial charge is 0.238 e. The Balaban J connectivity index is 2.04. The summed E-state index contributed by atoms with van der Waals surface area (Å²) in [5, 5.41) is 10.3. The zero-order valence-corrected chi connectivity index (χ0v) is 11.0. The zero-order valence-electron chi connectivity index (χ0n) is 11.0. The Hall–Kier alpha value is -1.40. The largest absolute Gasteiger partial charge is 0.355 e. The van der Waals surface area contributed by atoms with E-state index in [-0.39, 0.29) is 11.9 Å². The number of carbonyl (C=O) groups excluding carboxylic acids is 1. The highest BCUT2D eigenvalue weighted by atomic mass is 16.2. The van der Waals surface area contributed by atoms with Gasteiger partial charge in [0, 0.05) is 46.0 Å². The van der Waals surface area contributed by atoms with Crippen molar-refractivity contribution in [2.24, 2.45) is 7.05 Å². The van der Waals surface area contributed by atoms with E-state index in [9.17, 15) is 4.79 Å². The molecule has 0 bridgehead atoms. The quantitative estimate of drug-likeness (QED) is 0.745. The van der Waals surface area contributed by atoms with Gasteiger partial charge < -0.3 is 10.6 Å². The van der Waals surface area contributed by atoms with Crippen molar-refractivity contribution in [2.45, 2.75) is 19.5 Å². The van der Waals surface area contributed by atoms with E-state index in [1.54, 1.807) is 6.20 Å². The lowest BCUT2D eigenvalue weighted by Gasteiger charge is -2.34. The lowest BCUT2D eigenvalue weighted by Crippen LogP contribution is -2.57. The monoisotopic (exact) mass is 251 g/mol. The van der Waals surface area contributed by atoms with Crippen molar-refractivity contribution in [1.29, 1.82) is 0 Å². The SMILES string of the molecule is CCNC(=O)C1CNCCN1Cc1ccnn1C. The van der Waals surface area contributed by atoms with Crippen molar-refractivity contribution in [3.05, 3.63) is 18.0 Å². The van der Waals surface area contributed by atoms with Gasteiger partial charge >= 0.3 is 0 Å². The minimum Gasteiger partial charge on any atom is -0.355 e. The van der Waals surface area contributed by atoms with Crippen molar-refractivity contribution >= 4 is 5.91 Å². The van der Waals surface area contributed by atoms with E-state index in [4.69, 9.17) is 0 Å². The van der Waals surface area contributed by atoms with Gasteiger partial charge in [0.15, 0.2) is 0 Å². The van der Waals surface area contributed by atoms with Crippen LogP contribution in [0.25, 0.3) is 0 Å². The van der Waals surface area contributed by atoms with Crippen LogP contribution in [0.15, 0.2) is 12.3 Å². The van der Waals surface area contributed by atoms with E-state index in [2.05, 4.69) is 20.6 Å². The van der Waals surface area contributed by atoms with Crippen LogP contribution in [0.4, 0.5) is 0 Å². The fourth-order valence-electron chi connectivity index (χ4n) is 2.25. The number of aryl methyl sites for hydroxylation is 1. The summed E-state index contributed by atoms with van der Waals surface area (Å²) in [5.41, 5.74) is 1.13. The minimum absolute atomic E-state index is 0.0893. The number of aromatic nitrogens is 2. The molecule has 1 saturated heterocycles. The van der Waals surface area contributed by atoms with Crippen LogP contribution < -0.4 is 10.6 Å². The second-order valence-corrected chi connectivity index (χ2v) is 4.53. The molecule has 1 atom stereocenters. The number of rotatable bonds is 4. The molecule has 0 spiro atoms. The van der Waals surface area contributed by atoms with Gasteiger partial charge in [0.2, 0.25) is 5.91 Å². The molecule has 1 aliphatic heterocycles. The molecule has 0 radical (unpaired) electrons. The average molecular weight is 251 g/mol. The van der Waals surface area contributed by atoms with E-state index in [0.717, 1.165) is 25.3 Å². The zero-order chi connectivity index (χ0) is 13.0. The number of amides is 1. The summed E-state index contributed by atoms with van der Waals surface area (Å²) in [6.07, 6.45) is 1.79. The molecular weight excluding hydrogens is 230 g/mol. The number of likely N-dealkylation sites (N-methyl/N-ethyl adjacent to an activating group) is 1. The van der Waals surface area contributed by atoms with Crippen LogP contribution in [0.2, 0.25) is 0 Å². The maximum atomic E-state index is 12.0. The molecular formula is C12H21N5O. The Bertz CT molecular complexity index is 403. The van der Waals surface area contributed by atoms with Crippen molar-refractivity contribution in [2.75, 3.05) is 26.2 Å². The van der Waals surface area contributed by atoms with E-state index in [0.29, 0.717) is 13.1 Å². The number of carbonyl (C=O) groups is 1. The van der Waals surface area contributed by atoms with Gasteiger partial charge in [0.05, 0.1) is 5.69 Å². The third-order valence-electron chi connectivity index (χ3n) is 3.30.